The van der Waals surface area contributed by atoms with Gasteiger partial charge in [-0.05, 0) is 41.5 Å². The highest BCUT2D eigenvalue weighted by Gasteiger charge is 2.22. The first-order chi connectivity index (χ1) is 14.2. The van der Waals surface area contributed by atoms with E-state index < -0.39 is 5.82 Å². The summed E-state index contributed by atoms with van der Waals surface area (Å²) in [4.78, 5) is 4.59. The third-order valence-electron chi connectivity index (χ3n) is 4.82. The molecule has 0 unspecified atom stereocenters. The van der Waals surface area contributed by atoms with E-state index >= 15 is 0 Å². The van der Waals surface area contributed by atoms with Crippen LogP contribution in [0.3, 0.4) is 0 Å². The maximum Gasteiger partial charge on any atom is 0.141 e. The van der Waals surface area contributed by atoms with Gasteiger partial charge in [-0.15, -0.1) is 0 Å². The van der Waals surface area contributed by atoms with Crippen LogP contribution >= 0.6 is 11.6 Å². The number of rotatable bonds is 7. The average Bonchev–Trinajstić information content (AvgIpc) is 3.27. The van der Waals surface area contributed by atoms with Gasteiger partial charge in [-0.2, -0.15) is 0 Å². The first kappa shape index (κ1) is 19.7. The van der Waals surface area contributed by atoms with Crippen LogP contribution in [0.2, 0.25) is 5.02 Å². The number of aliphatic imine (C=N–C) groups is 1. The molecule has 0 aliphatic carbocycles. The van der Waals surface area contributed by atoms with Crippen molar-refractivity contribution in [3.8, 4) is 16.9 Å². The van der Waals surface area contributed by atoms with Crippen molar-refractivity contribution in [2.45, 2.75) is 6.92 Å². The smallest absolute Gasteiger partial charge is 0.141 e. The second kappa shape index (κ2) is 8.80. The molecule has 1 aliphatic rings. The number of amidine groups is 1. The van der Waals surface area contributed by atoms with Crippen LogP contribution in [-0.4, -0.2) is 38.7 Å². The molecule has 0 atom stereocenters. The summed E-state index contributed by atoms with van der Waals surface area (Å²) in [5, 5.41) is 5.46. The van der Waals surface area contributed by atoms with Gasteiger partial charge in [0.1, 0.15) is 24.0 Å². The van der Waals surface area contributed by atoms with Crippen molar-refractivity contribution in [2.75, 3.05) is 32.9 Å². The van der Waals surface area contributed by atoms with Crippen LogP contribution in [0.1, 0.15) is 12.5 Å². The highest BCUT2D eigenvalue weighted by atomic mass is 35.5. The topological polar surface area (TPSA) is 42.9 Å². The lowest BCUT2D eigenvalue weighted by atomic mass is 9.93. The predicted molar refractivity (Wildman–Crippen MR) is 116 cm³/mol. The molecule has 0 fully saturated rings. The fourth-order valence-corrected chi connectivity index (χ4v) is 3.70. The normalized spacial score (nSPS) is 13.4. The second-order valence-corrected chi connectivity index (χ2v) is 7.09. The number of hydrogen-bond acceptors (Lipinski definition) is 4. The van der Waals surface area contributed by atoms with E-state index in [1.165, 1.54) is 6.07 Å². The molecule has 0 radical (unpaired) electrons. The van der Waals surface area contributed by atoms with Crippen LogP contribution in [0.25, 0.3) is 21.9 Å². The summed E-state index contributed by atoms with van der Waals surface area (Å²) < 4.78 is 25.5. The lowest BCUT2D eigenvalue weighted by Crippen LogP contribution is -2.21. The van der Waals surface area contributed by atoms with Gasteiger partial charge in [-0.25, -0.2) is 4.39 Å². The standard InChI is InChI=1S/C23H22ClFN2O2/c1-2-28-11-12-29-22-18(23-26-9-10-27-23)13-15-5-3-4-6-17(15)21(22)16-7-8-20(25)19(24)14-16/h3-8,13-14H,2,9-12H2,1H3,(H,26,27). The Balaban J connectivity index is 1.94. The summed E-state index contributed by atoms with van der Waals surface area (Å²) in [6, 6.07) is 14.9. The monoisotopic (exact) mass is 412 g/mol. The van der Waals surface area contributed by atoms with E-state index in [1.54, 1.807) is 12.1 Å². The third-order valence-corrected chi connectivity index (χ3v) is 5.11. The Morgan fingerprint density at radius 1 is 1.14 bits per heavy atom. The Kier molecular flexibility index (Phi) is 5.97. The summed E-state index contributed by atoms with van der Waals surface area (Å²) in [6.45, 7) is 4.96. The molecule has 0 aromatic heterocycles. The lowest BCUT2D eigenvalue weighted by molar-refractivity contribution is 0.110. The Hall–Kier alpha value is -2.63. The summed E-state index contributed by atoms with van der Waals surface area (Å²) in [5.74, 6) is 1.05. The van der Waals surface area contributed by atoms with Crippen molar-refractivity contribution >= 4 is 28.2 Å². The van der Waals surface area contributed by atoms with Gasteiger partial charge in [0.2, 0.25) is 0 Å². The van der Waals surface area contributed by atoms with E-state index in [4.69, 9.17) is 21.1 Å². The molecule has 1 heterocycles. The Morgan fingerprint density at radius 3 is 2.76 bits per heavy atom. The Labute approximate surface area is 174 Å². The van der Waals surface area contributed by atoms with Gasteiger partial charge in [0, 0.05) is 18.7 Å². The molecule has 150 valence electrons. The number of ether oxygens (including phenoxy) is 2. The molecular formula is C23H22ClFN2O2. The van der Waals surface area contributed by atoms with Crippen LogP contribution in [-0.2, 0) is 4.74 Å². The molecule has 0 saturated heterocycles. The van der Waals surface area contributed by atoms with Crippen LogP contribution in [0.5, 0.6) is 5.75 Å². The van der Waals surface area contributed by atoms with E-state index in [-0.39, 0.29) is 5.02 Å². The molecule has 0 saturated carbocycles. The van der Waals surface area contributed by atoms with Gasteiger partial charge in [-0.1, -0.05) is 41.9 Å². The van der Waals surface area contributed by atoms with Gasteiger partial charge in [0.05, 0.1) is 23.7 Å². The van der Waals surface area contributed by atoms with E-state index in [2.05, 4.69) is 16.4 Å². The molecule has 4 rings (SSSR count). The molecule has 1 aliphatic heterocycles. The minimum atomic E-state index is -0.448. The summed E-state index contributed by atoms with van der Waals surface area (Å²) in [5.41, 5.74) is 2.54. The number of hydrogen-bond donors (Lipinski definition) is 1. The van der Waals surface area contributed by atoms with E-state index in [9.17, 15) is 4.39 Å². The Morgan fingerprint density at radius 2 is 2.00 bits per heavy atom. The van der Waals surface area contributed by atoms with Crippen molar-refractivity contribution in [3.05, 3.63) is 64.9 Å². The van der Waals surface area contributed by atoms with E-state index in [1.807, 2.05) is 31.2 Å². The van der Waals surface area contributed by atoms with Crippen molar-refractivity contribution in [2.24, 2.45) is 4.99 Å². The fraction of sp³-hybridized carbons (Fsp3) is 0.261. The molecule has 4 nitrogen and oxygen atoms in total. The summed E-state index contributed by atoms with van der Waals surface area (Å²) >= 11 is 6.11. The number of nitrogens with one attached hydrogen (secondary N) is 1. The minimum Gasteiger partial charge on any atom is -0.490 e. The first-order valence-corrected chi connectivity index (χ1v) is 10.1. The molecule has 1 N–H and O–H groups in total. The molecule has 0 bridgehead atoms. The lowest BCUT2D eigenvalue weighted by Gasteiger charge is -2.19. The number of halogens is 2. The quantitative estimate of drug-likeness (QED) is 0.551. The number of benzene rings is 3. The van der Waals surface area contributed by atoms with Gasteiger partial charge in [0.25, 0.3) is 0 Å². The zero-order valence-electron chi connectivity index (χ0n) is 16.2. The van der Waals surface area contributed by atoms with Crippen LogP contribution in [0.4, 0.5) is 4.39 Å². The van der Waals surface area contributed by atoms with Crippen molar-refractivity contribution in [3.63, 3.8) is 0 Å². The molecule has 3 aromatic carbocycles. The predicted octanol–water partition coefficient (Wildman–Crippen LogP) is 5.06. The average molecular weight is 413 g/mol. The number of nitrogens with zero attached hydrogens (tertiary/aromatic N) is 1. The minimum absolute atomic E-state index is 0.0774. The van der Waals surface area contributed by atoms with Gasteiger partial charge in [-0.3, -0.25) is 4.99 Å². The van der Waals surface area contributed by atoms with Crippen LogP contribution < -0.4 is 10.1 Å². The van der Waals surface area contributed by atoms with Gasteiger partial charge >= 0.3 is 0 Å². The molecule has 6 heteroatoms. The van der Waals surface area contributed by atoms with E-state index in [0.29, 0.717) is 25.6 Å². The Bertz CT molecular complexity index is 1070. The summed E-state index contributed by atoms with van der Waals surface area (Å²) in [6.07, 6.45) is 0. The zero-order valence-corrected chi connectivity index (χ0v) is 16.9. The molecule has 3 aromatic rings. The third kappa shape index (κ3) is 4.07. The van der Waals surface area contributed by atoms with Crippen LogP contribution in [0.15, 0.2) is 53.5 Å². The molecule has 0 amide bonds. The maximum absolute atomic E-state index is 13.8. The maximum atomic E-state index is 13.8. The fourth-order valence-electron chi connectivity index (χ4n) is 3.52. The van der Waals surface area contributed by atoms with Crippen molar-refractivity contribution in [1.29, 1.82) is 0 Å². The zero-order chi connectivity index (χ0) is 20.2. The van der Waals surface area contributed by atoms with Gasteiger partial charge in [0.15, 0.2) is 0 Å². The van der Waals surface area contributed by atoms with Crippen molar-refractivity contribution in [1.82, 2.24) is 5.32 Å². The molecule has 29 heavy (non-hydrogen) atoms. The SMILES string of the molecule is CCOCCOc1c(C2=NCCN2)cc2ccccc2c1-c1ccc(F)c(Cl)c1. The largest absolute Gasteiger partial charge is 0.490 e. The summed E-state index contributed by atoms with van der Waals surface area (Å²) in [7, 11) is 0. The van der Waals surface area contributed by atoms with Crippen molar-refractivity contribution < 1.29 is 13.9 Å². The van der Waals surface area contributed by atoms with E-state index in [0.717, 1.165) is 46.4 Å². The van der Waals surface area contributed by atoms with Crippen LogP contribution in [0, 0.1) is 5.82 Å². The first-order valence-electron chi connectivity index (χ1n) is 9.69. The molecule has 0 spiro atoms. The highest BCUT2D eigenvalue weighted by molar-refractivity contribution is 6.31. The molecular weight excluding hydrogens is 391 g/mol. The number of fused-ring (bicyclic) bond motifs is 1. The van der Waals surface area contributed by atoms with Gasteiger partial charge < -0.3 is 14.8 Å². The highest BCUT2D eigenvalue weighted by Crippen LogP contribution is 2.41. The second-order valence-electron chi connectivity index (χ2n) is 6.68.